The Kier molecular flexibility index (Phi) is 2.82. The van der Waals surface area contributed by atoms with E-state index in [9.17, 15) is 4.79 Å². The van der Waals surface area contributed by atoms with Crippen LogP contribution in [0.3, 0.4) is 0 Å². The summed E-state index contributed by atoms with van der Waals surface area (Å²) in [5.41, 5.74) is 1.87. The zero-order valence-corrected chi connectivity index (χ0v) is 10.8. The van der Waals surface area contributed by atoms with Gasteiger partial charge in [-0.2, -0.15) is 0 Å². The van der Waals surface area contributed by atoms with Gasteiger partial charge in [-0.3, -0.25) is 9.78 Å². The summed E-state index contributed by atoms with van der Waals surface area (Å²) in [6, 6.07) is 3.93. The second-order valence-corrected chi connectivity index (χ2v) is 5.39. The summed E-state index contributed by atoms with van der Waals surface area (Å²) in [6.45, 7) is 4.75. The lowest BCUT2D eigenvalue weighted by Gasteiger charge is -2.32. The van der Waals surface area contributed by atoms with E-state index < -0.39 is 0 Å². The first-order valence-corrected chi connectivity index (χ1v) is 6.67. The minimum Gasteiger partial charge on any atom is -0.317 e. The van der Waals surface area contributed by atoms with Crippen molar-refractivity contribution in [3.05, 3.63) is 24.0 Å². The standard InChI is InChI=1S/C14H19N3O/c1-11-10-12(2-6-16-11)17-9-5-14(13(17)18)3-7-15-8-4-14/h2,6,10,15H,3-5,7-9H2,1H3. The summed E-state index contributed by atoms with van der Waals surface area (Å²) in [7, 11) is 0. The molecule has 4 nitrogen and oxygen atoms in total. The Bertz CT molecular complexity index is 466. The van der Waals surface area contributed by atoms with Crippen LogP contribution in [-0.4, -0.2) is 30.5 Å². The molecule has 4 heteroatoms. The number of hydrogen-bond acceptors (Lipinski definition) is 3. The quantitative estimate of drug-likeness (QED) is 0.815. The molecule has 0 bridgehead atoms. The molecule has 1 aromatic rings. The molecule has 2 aliphatic rings. The van der Waals surface area contributed by atoms with Crippen LogP contribution in [0.15, 0.2) is 18.3 Å². The second-order valence-electron chi connectivity index (χ2n) is 5.39. The molecule has 2 aliphatic heterocycles. The number of aryl methyl sites for hydroxylation is 1. The molecule has 0 aliphatic carbocycles. The van der Waals surface area contributed by atoms with Gasteiger partial charge in [0.1, 0.15) is 0 Å². The topological polar surface area (TPSA) is 45.2 Å². The number of piperidine rings is 1. The Morgan fingerprint density at radius 2 is 2.11 bits per heavy atom. The molecule has 1 spiro atoms. The maximum Gasteiger partial charge on any atom is 0.233 e. The fourth-order valence-corrected chi connectivity index (χ4v) is 3.13. The number of amides is 1. The SMILES string of the molecule is Cc1cc(N2CCC3(CCNCC3)C2=O)ccn1. The van der Waals surface area contributed by atoms with Crippen LogP contribution < -0.4 is 10.2 Å². The average molecular weight is 245 g/mol. The van der Waals surface area contributed by atoms with Gasteiger partial charge in [0.2, 0.25) is 5.91 Å². The monoisotopic (exact) mass is 245 g/mol. The van der Waals surface area contributed by atoms with Crippen LogP contribution in [0.1, 0.15) is 25.0 Å². The van der Waals surface area contributed by atoms with Crippen molar-refractivity contribution in [2.75, 3.05) is 24.5 Å². The van der Waals surface area contributed by atoms with Gasteiger partial charge >= 0.3 is 0 Å². The third-order valence-electron chi connectivity index (χ3n) is 4.27. The summed E-state index contributed by atoms with van der Waals surface area (Å²) in [6.07, 6.45) is 4.74. The highest BCUT2D eigenvalue weighted by Crippen LogP contribution is 2.41. The van der Waals surface area contributed by atoms with Crippen molar-refractivity contribution in [2.24, 2.45) is 5.41 Å². The summed E-state index contributed by atoms with van der Waals surface area (Å²) in [5, 5.41) is 3.34. The van der Waals surface area contributed by atoms with Gasteiger partial charge < -0.3 is 10.2 Å². The van der Waals surface area contributed by atoms with E-state index in [1.165, 1.54) is 0 Å². The highest BCUT2D eigenvalue weighted by Gasteiger charge is 2.47. The highest BCUT2D eigenvalue weighted by molar-refractivity contribution is 5.99. The molecule has 1 amide bonds. The number of nitrogens with zero attached hydrogens (tertiary/aromatic N) is 2. The van der Waals surface area contributed by atoms with Gasteiger partial charge in [0.15, 0.2) is 0 Å². The zero-order valence-electron chi connectivity index (χ0n) is 10.8. The Morgan fingerprint density at radius 3 is 2.83 bits per heavy atom. The molecule has 2 fully saturated rings. The Balaban J connectivity index is 1.86. The van der Waals surface area contributed by atoms with Crippen LogP contribution in [0.4, 0.5) is 5.69 Å². The normalized spacial score (nSPS) is 22.7. The number of hydrogen-bond donors (Lipinski definition) is 1. The first kappa shape index (κ1) is 11.7. The predicted octanol–water partition coefficient (Wildman–Crippen LogP) is 1.50. The summed E-state index contributed by atoms with van der Waals surface area (Å²) < 4.78 is 0. The fraction of sp³-hybridized carbons (Fsp3) is 0.571. The molecule has 96 valence electrons. The molecule has 3 heterocycles. The molecule has 0 atom stereocenters. The average Bonchev–Trinajstić information content (AvgIpc) is 2.68. The molecular formula is C14H19N3O. The molecular weight excluding hydrogens is 226 g/mol. The Labute approximate surface area is 107 Å². The molecule has 18 heavy (non-hydrogen) atoms. The number of pyridine rings is 1. The van der Waals surface area contributed by atoms with Gasteiger partial charge in [0.05, 0.1) is 5.41 Å². The maximum atomic E-state index is 12.7. The van der Waals surface area contributed by atoms with Crippen molar-refractivity contribution in [2.45, 2.75) is 26.2 Å². The Hall–Kier alpha value is -1.42. The van der Waals surface area contributed by atoms with Crippen molar-refractivity contribution < 1.29 is 4.79 Å². The van der Waals surface area contributed by atoms with Crippen LogP contribution in [0.25, 0.3) is 0 Å². The van der Waals surface area contributed by atoms with Crippen molar-refractivity contribution in [3.63, 3.8) is 0 Å². The van der Waals surface area contributed by atoms with Crippen molar-refractivity contribution in [1.82, 2.24) is 10.3 Å². The van der Waals surface area contributed by atoms with Crippen molar-refractivity contribution in [3.8, 4) is 0 Å². The lowest BCUT2D eigenvalue weighted by molar-refractivity contribution is -0.126. The molecule has 2 saturated heterocycles. The van der Waals surface area contributed by atoms with Crippen LogP contribution in [0.5, 0.6) is 0 Å². The van der Waals surface area contributed by atoms with E-state index in [-0.39, 0.29) is 5.41 Å². The van der Waals surface area contributed by atoms with Crippen molar-refractivity contribution >= 4 is 11.6 Å². The first-order valence-electron chi connectivity index (χ1n) is 6.67. The van der Waals surface area contributed by atoms with Crippen molar-refractivity contribution in [1.29, 1.82) is 0 Å². The van der Waals surface area contributed by atoms with Gasteiger partial charge in [-0.15, -0.1) is 0 Å². The third-order valence-corrected chi connectivity index (χ3v) is 4.27. The van der Waals surface area contributed by atoms with Crippen LogP contribution in [0.2, 0.25) is 0 Å². The molecule has 3 rings (SSSR count). The molecule has 0 aromatic carbocycles. The van der Waals surface area contributed by atoms with E-state index in [0.717, 1.165) is 50.3 Å². The van der Waals surface area contributed by atoms with E-state index in [0.29, 0.717) is 5.91 Å². The van der Waals surface area contributed by atoms with Crippen LogP contribution >= 0.6 is 0 Å². The lowest BCUT2D eigenvalue weighted by Crippen LogP contribution is -2.42. The number of carbonyl (C=O) groups is 1. The number of carbonyl (C=O) groups excluding carboxylic acids is 1. The van der Waals surface area contributed by atoms with E-state index in [1.807, 2.05) is 24.0 Å². The molecule has 0 saturated carbocycles. The summed E-state index contributed by atoms with van der Waals surface area (Å²) in [4.78, 5) is 18.8. The lowest BCUT2D eigenvalue weighted by atomic mass is 9.78. The minimum absolute atomic E-state index is 0.0948. The number of anilines is 1. The van der Waals surface area contributed by atoms with Gasteiger partial charge in [-0.05, 0) is 51.4 Å². The van der Waals surface area contributed by atoms with Crippen LogP contribution in [0, 0.1) is 12.3 Å². The fourth-order valence-electron chi connectivity index (χ4n) is 3.13. The predicted molar refractivity (Wildman–Crippen MR) is 70.5 cm³/mol. The number of nitrogens with one attached hydrogen (secondary N) is 1. The second kappa shape index (κ2) is 4.35. The van der Waals surface area contributed by atoms with E-state index in [4.69, 9.17) is 0 Å². The van der Waals surface area contributed by atoms with Crippen LogP contribution in [-0.2, 0) is 4.79 Å². The van der Waals surface area contributed by atoms with E-state index in [2.05, 4.69) is 10.3 Å². The zero-order chi connectivity index (χ0) is 12.6. The molecule has 1 N–H and O–H groups in total. The molecule has 0 unspecified atom stereocenters. The van der Waals surface area contributed by atoms with Gasteiger partial charge in [0.25, 0.3) is 0 Å². The first-order chi connectivity index (χ1) is 8.71. The highest BCUT2D eigenvalue weighted by atomic mass is 16.2. The van der Waals surface area contributed by atoms with Gasteiger partial charge in [-0.1, -0.05) is 0 Å². The maximum absolute atomic E-state index is 12.7. The number of aromatic nitrogens is 1. The molecule has 1 aromatic heterocycles. The smallest absolute Gasteiger partial charge is 0.233 e. The molecule has 0 radical (unpaired) electrons. The van der Waals surface area contributed by atoms with Gasteiger partial charge in [0, 0.05) is 24.1 Å². The largest absolute Gasteiger partial charge is 0.317 e. The minimum atomic E-state index is -0.0948. The Morgan fingerprint density at radius 1 is 1.33 bits per heavy atom. The number of rotatable bonds is 1. The summed E-state index contributed by atoms with van der Waals surface area (Å²) in [5.74, 6) is 0.314. The van der Waals surface area contributed by atoms with E-state index >= 15 is 0 Å². The third kappa shape index (κ3) is 1.81. The summed E-state index contributed by atoms with van der Waals surface area (Å²) >= 11 is 0. The van der Waals surface area contributed by atoms with Gasteiger partial charge in [-0.25, -0.2) is 0 Å². The van der Waals surface area contributed by atoms with E-state index in [1.54, 1.807) is 6.20 Å².